The Morgan fingerprint density at radius 1 is 0.741 bits per heavy atom. The van der Waals surface area contributed by atoms with Crippen LogP contribution >= 0.6 is 0 Å². The Bertz CT molecular complexity index is 565. The lowest BCUT2D eigenvalue weighted by Gasteiger charge is -2.30. The average Bonchev–Trinajstić information content (AvgIpc) is 2.73. The number of unbranched alkanes of at least 4 members (excludes halogenated alkanes) is 2. The molecule has 0 unspecified atom stereocenters. The fourth-order valence-corrected chi connectivity index (χ4v) is 5.65. The fourth-order valence-electron chi connectivity index (χ4n) is 5.65. The van der Waals surface area contributed by atoms with Crippen molar-refractivity contribution in [2.45, 2.75) is 109 Å². The molecule has 1 heteroatoms. The first-order chi connectivity index (χ1) is 13.3. The lowest BCUT2D eigenvalue weighted by molar-refractivity contribution is 0.303. The van der Waals surface area contributed by atoms with E-state index < -0.39 is 0 Å². The minimum absolute atomic E-state index is 0.738. The first-order valence-corrected chi connectivity index (χ1v) is 11.8. The second-order valence-electron chi connectivity index (χ2n) is 9.29. The summed E-state index contributed by atoms with van der Waals surface area (Å²) in [7, 11) is 0. The maximum Gasteiger partial charge on any atom is 0.0621 e. The summed E-state index contributed by atoms with van der Waals surface area (Å²) in [4.78, 5) is 0. The summed E-state index contributed by atoms with van der Waals surface area (Å²) >= 11 is 0. The van der Waals surface area contributed by atoms with Crippen molar-refractivity contribution in [3.05, 3.63) is 35.4 Å². The molecule has 2 aliphatic rings. The van der Waals surface area contributed by atoms with Crippen molar-refractivity contribution >= 4 is 0 Å². The maximum atomic E-state index is 8.65. The summed E-state index contributed by atoms with van der Waals surface area (Å²) in [6, 6.07) is 12.1. The molecule has 0 atom stereocenters. The largest absolute Gasteiger partial charge is 0.198 e. The molecular formula is C26H39N. The molecule has 0 N–H and O–H groups in total. The molecule has 0 bridgehead atoms. The van der Waals surface area contributed by atoms with E-state index in [0.29, 0.717) is 0 Å². The number of hydrogen-bond acceptors (Lipinski definition) is 1. The Balaban J connectivity index is 1.43. The van der Waals surface area contributed by atoms with Gasteiger partial charge in [-0.05, 0) is 92.6 Å². The van der Waals surface area contributed by atoms with Gasteiger partial charge in [-0.2, -0.15) is 5.26 Å². The summed E-state index contributed by atoms with van der Waals surface area (Å²) < 4.78 is 0. The molecule has 0 aliphatic heterocycles. The van der Waals surface area contributed by atoms with Crippen LogP contribution in [-0.4, -0.2) is 0 Å². The van der Waals surface area contributed by atoms with Crippen molar-refractivity contribution in [2.75, 3.05) is 0 Å². The molecule has 0 saturated heterocycles. The van der Waals surface area contributed by atoms with Gasteiger partial charge in [0.2, 0.25) is 0 Å². The van der Waals surface area contributed by atoms with Crippen molar-refractivity contribution in [1.29, 1.82) is 5.26 Å². The van der Waals surface area contributed by atoms with E-state index in [-0.39, 0.29) is 0 Å². The lowest BCUT2D eigenvalue weighted by Crippen LogP contribution is -2.14. The minimum atomic E-state index is 0.738. The molecule has 148 valence electrons. The van der Waals surface area contributed by atoms with Crippen LogP contribution in [0.2, 0.25) is 0 Å². The highest BCUT2D eigenvalue weighted by Crippen LogP contribution is 2.40. The van der Waals surface area contributed by atoms with E-state index >= 15 is 0 Å². The van der Waals surface area contributed by atoms with Crippen LogP contribution in [0.5, 0.6) is 0 Å². The highest BCUT2D eigenvalue weighted by atomic mass is 14.3. The van der Waals surface area contributed by atoms with Crippen molar-refractivity contribution in [2.24, 2.45) is 11.8 Å². The van der Waals surface area contributed by atoms with E-state index in [1.807, 2.05) is 0 Å². The smallest absolute Gasteiger partial charge is 0.0621 e. The second kappa shape index (κ2) is 10.9. The van der Waals surface area contributed by atoms with Gasteiger partial charge in [0.25, 0.3) is 0 Å². The summed E-state index contributed by atoms with van der Waals surface area (Å²) in [6.45, 7) is 2.33. The molecular weight excluding hydrogens is 326 g/mol. The molecule has 0 spiro atoms. The van der Waals surface area contributed by atoms with Crippen molar-refractivity contribution in [3.63, 3.8) is 0 Å². The monoisotopic (exact) mass is 365 g/mol. The van der Waals surface area contributed by atoms with Crippen LogP contribution in [0, 0.1) is 23.2 Å². The van der Waals surface area contributed by atoms with E-state index in [1.165, 1.54) is 77.0 Å². The first-order valence-electron chi connectivity index (χ1n) is 11.8. The minimum Gasteiger partial charge on any atom is -0.198 e. The number of nitrogens with zero attached hydrogens (tertiary/aromatic N) is 1. The Kier molecular flexibility index (Phi) is 8.25. The molecule has 27 heavy (non-hydrogen) atoms. The summed E-state index contributed by atoms with van der Waals surface area (Å²) in [5.41, 5.74) is 3.18. The summed E-state index contributed by atoms with van der Waals surface area (Å²) in [6.07, 6.45) is 18.4. The zero-order chi connectivity index (χ0) is 18.9. The second-order valence-corrected chi connectivity index (χ2v) is 9.29. The predicted molar refractivity (Wildman–Crippen MR) is 115 cm³/mol. The van der Waals surface area contributed by atoms with E-state index in [9.17, 15) is 0 Å². The number of hydrogen-bond donors (Lipinski definition) is 0. The SMILES string of the molecule is CCCC1CCC(c2ccc(C3CCC(CCCCC#N)CC3)cc2)CC1. The van der Waals surface area contributed by atoms with Gasteiger partial charge < -0.3 is 0 Å². The lowest BCUT2D eigenvalue weighted by atomic mass is 9.75. The predicted octanol–water partition coefficient (Wildman–Crippen LogP) is 8.12. The van der Waals surface area contributed by atoms with Gasteiger partial charge in [-0.25, -0.2) is 0 Å². The molecule has 1 aromatic rings. The van der Waals surface area contributed by atoms with Gasteiger partial charge in [0.1, 0.15) is 0 Å². The first kappa shape index (κ1) is 20.4. The Morgan fingerprint density at radius 2 is 1.22 bits per heavy atom. The van der Waals surface area contributed by atoms with Crippen molar-refractivity contribution in [1.82, 2.24) is 0 Å². The molecule has 1 nitrogen and oxygen atoms in total. The van der Waals surface area contributed by atoms with Gasteiger partial charge in [0, 0.05) is 6.42 Å². The number of rotatable bonds is 8. The average molecular weight is 366 g/mol. The van der Waals surface area contributed by atoms with Gasteiger partial charge in [-0.3, -0.25) is 0 Å². The van der Waals surface area contributed by atoms with Gasteiger partial charge >= 0.3 is 0 Å². The third kappa shape index (κ3) is 6.10. The van der Waals surface area contributed by atoms with E-state index in [2.05, 4.69) is 37.3 Å². The highest BCUT2D eigenvalue weighted by Gasteiger charge is 2.24. The van der Waals surface area contributed by atoms with Crippen LogP contribution in [0.1, 0.15) is 120 Å². The zero-order valence-electron chi connectivity index (χ0n) is 17.5. The zero-order valence-corrected chi connectivity index (χ0v) is 17.5. The Morgan fingerprint density at radius 3 is 1.67 bits per heavy atom. The maximum absolute atomic E-state index is 8.65. The van der Waals surface area contributed by atoms with Gasteiger partial charge in [0.15, 0.2) is 0 Å². The molecule has 1 aromatic carbocycles. The summed E-state index contributed by atoms with van der Waals surface area (Å²) in [5.74, 6) is 3.52. The van der Waals surface area contributed by atoms with Crippen LogP contribution in [-0.2, 0) is 0 Å². The fraction of sp³-hybridized carbons (Fsp3) is 0.731. The highest BCUT2D eigenvalue weighted by molar-refractivity contribution is 5.28. The van der Waals surface area contributed by atoms with Gasteiger partial charge in [-0.1, -0.05) is 56.9 Å². The van der Waals surface area contributed by atoms with Crippen LogP contribution in [0.15, 0.2) is 24.3 Å². The third-order valence-corrected chi connectivity index (χ3v) is 7.42. The van der Waals surface area contributed by atoms with E-state index in [4.69, 9.17) is 5.26 Å². The van der Waals surface area contributed by atoms with Crippen LogP contribution < -0.4 is 0 Å². The molecule has 0 heterocycles. The quantitative estimate of drug-likeness (QED) is 0.427. The van der Waals surface area contributed by atoms with Crippen molar-refractivity contribution < 1.29 is 0 Å². The van der Waals surface area contributed by atoms with Gasteiger partial charge in [0.05, 0.1) is 6.07 Å². The topological polar surface area (TPSA) is 23.8 Å². The van der Waals surface area contributed by atoms with E-state index in [0.717, 1.165) is 36.5 Å². The molecule has 2 saturated carbocycles. The normalized spacial score (nSPS) is 28.6. The number of nitriles is 1. The van der Waals surface area contributed by atoms with E-state index in [1.54, 1.807) is 11.1 Å². The molecule has 0 radical (unpaired) electrons. The molecule has 0 amide bonds. The molecule has 2 fully saturated rings. The third-order valence-electron chi connectivity index (χ3n) is 7.42. The van der Waals surface area contributed by atoms with Crippen LogP contribution in [0.3, 0.4) is 0 Å². The molecule has 3 rings (SSSR count). The van der Waals surface area contributed by atoms with Crippen LogP contribution in [0.4, 0.5) is 0 Å². The molecule has 0 aromatic heterocycles. The van der Waals surface area contributed by atoms with Crippen molar-refractivity contribution in [3.8, 4) is 6.07 Å². The molecule has 2 aliphatic carbocycles. The Labute approximate surface area is 167 Å². The standard InChI is InChI=1S/C26H39N/c1-2-6-21-8-12-23(13-9-21)25-16-18-26(19-17-25)24-14-10-22(11-15-24)7-4-3-5-20-27/h16-19,21-24H,2-15H2,1H3. The van der Waals surface area contributed by atoms with Gasteiger partial charge in [-0.15, -0.1) is 0 Å². The van der Waals surface area contributed by atoms with Crippen LogP contribution in [0.25, 0.3) is 0 Å². The Hall–Kier alpha value is -1.29. The number of benzene rings is 1. The summed E-state index contributed by atoms with van der Waals surface area (Å²) in [5, 5.41) is 8.65.